The summed E-state index contributed by atoms with van der Waals surface area (Å²) in [5.41, 5.74) is 1.33. The Morgan fingerprint density at radius 2 is 1.76 bits per heavy atom. The monoisotopic (exact) mass is 236 g/mol. The second-order valence-corrected chi connectivity index (χ2v) is 4.05. The molecule has 0 aliphatic heterocycles. The molecule has 1 aromatic carbocycles. The molecule has 0 heterocycles. The average Bonchev–Trinajstić information content (AvgIpc) is 2.35. The van der Waals surface area contributed by atoms with Crippen molar-refractivity contribution in [2.75, 3.05) is 19.6 Å². The number of hydrogen-bond donors (Lipinski definition) is 0. The predicted octanol–water partition coefficient (Wildman–Crippen LogP) is 2.87. The van der Waals surface area contributed by atoms with Crippen LogP contribution in [-0.4, -0.2) is 29.5 Å². The molecule has 0 N–H and O–H groups in total. The van der Waals surface area contributed by atoms with Gasteiger partial charge in [-0.05, 0) is 38.0 Å². The van der Waals surface area contributed by atoms with Crippen LogP contribution < -0.4 is 0 Å². The lowest BCUT2D eigenvalue weighted by molar-refractivity contribution is -0.384. The fourth-order valence-corrected chi connectivity index (χ4v) is 1.83. The van der Waals surface area contributed by atoms with Gasteiger partial charge >= 0.3 is 0 Å². The summed E-state index contributed by atoms with van der Waals surface area (Å²) in [4.78, 5) is 12.5. The Bertz CT molecular complexity index is 345. The lowest BCUT2D eigenvalue weighted by Crippen LogP contribution is -2.24. The van der Waals surface area contributed by atoms with Gasteiger partial charge in [-0.1, -0.05) is 26.0 Å². The smallest absolute Gasteiger partial charge is 0.269 e. The zero-order valence-electron chi connectivity index (χ0n) is 10.6. The number of benzene rings is 1. The number of rotatable bonds is 7. The minimum Gasteiger partial charge on any atom is -0.304 e. The van der Waals surface area contributed by atoms with Gasteiger partial charge in [0.25, 0.3) is 5.69 Å². The number of aryl methyl sites for hydroxylation is 1. The molecular weight excluding hydrogens is 216 g/mol. The quantitative estimate of drug-likeness (QED) is 0.540. The lowest BCUT2D eigenvalue weighted by atomic mass is 10.1. The Morgan fingerprint density at radius 1 is 1.18 bits per heavy atom. The molecule has 94 valence electrons. The van der Waals surface area contributed by atoms with Crippen LogP contribution in [0.1, 0.15) is 25.8 Å². The first-order chi connectivity index (χ1) is 8.17. The third kappa shape index (κ3) is 4.53. The largest absolute Gasteiger partial charge is 0.304 e. The Hall–Kier alpha value is -1.42. The molecule has 0 saturated carbocycles. The van der Waals surface area contributed by atoms with Crippen molar-refractivity contribution >= 4 is 5.69 Å². The highest BCUT2D eigenvalue weighted by Gasteiger charge is 2.04. The molecule has 0 amide bonds. The van der Waals surface area contributed by atoms with E-state index in [9.17, 15) is 10.1 Å². The van der Waals surface area contributed by atoms with Gasteiger partial charge in [0, 0.05) is 12.1 Å². The van der Waals surface area contributed by atoms with Crippen molar-refractivity contribution in [3.8, 4) is 0 Å². The van der Waals surface area contributed by atoms with Gasteiger partial charge < -0.3 is 4.90 Å². The average molecular weight is 236 g/mol. The molecule has 0 fully saturated rings. The molecule has 0 atom stereocenters. The summed E-state index contributed by atoms with van der Waals surface area (Å²) in [5.74, 6) is 0. The van der Waals surface area contributed by atoms with E-state index in [1.54, 1.807) is 12.1 Å². The van der Waals surface area contributed by atoms with Crippen LogP contribution in [0.15, 0.2) is 24.3 Å². The van der Waals surface area contributed by atoms with Crippen molar-refractivity contribution in [1.29, 1.82) is 0 Å². The number of nitrogens with zero attached hydrogens (tertiary/aromatic N) is 2. The van der Waals surface area contributed by atoms with Crippen molar-refractivity contribution in [2.45, 2.75) is 26.7 Å². The maximum atomic E-state index is 10.5. The molecule has 4 heteroatoms. The van der Waals surface area contributed by atoms with E-state index in [-0.39, 0.29) is 10.6 Å². The summed E-state index contributed by atoms with van der Waals surface area (Å²) in [6.07, 6.45) is 2.08. The van der Waals surface area contributed by atoms with Gasteiger partial charge in [-0.2, -0.15) is 0 Å². The van der Waals surface area contributed by atoms with E-state index in [1.807, 2.05) is 12.1 Å². The molecule has 0 bridgehead atoms. The SMILES string of the molecule is CCN(CC)CCCc1ccc([N+](=O)[O-])cc1. The van der Waals surface area contributed by atoms with Gasteiger partial charge in [-0.15, -0.1) is 0 Å². The van der Waals surface area contributed by atoms with Crippen LogP contribution in [0.25, 0.3) is 0 Å². The normalized spacial score (nSPS) is 10.8. The third-order valence-electron chi connectivity index (χ3n) is 2.98. The lowest BCUT2D eigenvalue weighted by Gasteiger charge is -2.17. The number of non-ortho nitro benzene ring substituents is 1. The van der Waals surface area contributed by atoms with Crippen molar-refractivity contribution in [3.05, 3.63) is 39.9 Å². The van der Waals surface area contributed by atoms with E-state index >= 15 is 0 Å². The fraction of sp³-hybridized carbons (Fsp3) is 0.538. The maximum absolute atomic E-state index is 10.5. The van der Waals surface area contributed by atoms with Gasteiger partial charge in [0.15, 0.2) is 0 Å². The Labute approximate surface area is 102 Å². The summed E-state index contributed by atoms with van der Waals surface area (Å²) in [6.45, 7) is 7.57. The van der Waals surface area contributed by atoms with Crippen LogP contribution in [0.4, 0.5) is 5.69 Å². The minimum atomic E-state index is -0.361. The molecule has 0 radical (unpaired) electrons. The van der Waals surface area contributed by atoms with Crippen LogP contribution in [-0.2, 0) is 6.42 Å². The first-order valence-corrected chi connectivity index (χ1v) is 6.13. The molecule has 0 unspecified atom stereocenters. The molecule has 1 aromatic rings. The summed E-state index contributed by atoms with van der Waals surface area (Å²) in [6, 6.07) is 6.85. The Balaban J connectivity index is 2.39. The topological polar surface area (TPSA) is 46.4 Å². The zero-order valence-corrected chi connectivity index (χ0v) is 10.6. The van der Waals surface area contributed by atoms with Crippen LogP contribution in [0.3, 0.4) is 0 Å². The molecule has 0 aliphatic carbocycles. The van der Waals surface area contributed by atoms with Crippen LogP contribution in [0.5, 0.6) is 0 Å². The summed E-state index contributed by atoms with van der Waals surface area (Å²) in [5, 5.41) is 10.5. The highest BCUT2D eigenvalue weighted by Crippen LogP contribution is 2.13. The number of hydrogen-bond acceptors (Lipinski definition) is 3. The first kappa shape index (κ1) is 13.6. The molecule has 4 nitrogen and oxygen atoms in total. The summed E-state index contributed by atoms with van der Waals surface area (Å²) in [7, 11) is 0. The van der Waals surface area contributed by atoms with Gasteiger partial charge in [0.05, 0.1) is 4.92 Å². The molecule has 0 aromatic heterocycles. The fourth-order valence-electron chi connectivity index (χ4n) is 1.83. The standard InChI is InChI=1S/C13H20N2O2/c1-3-14(4-2)11-5-6-12-7-9-13(10-8-12)15(16)17/h7-10H,3-6,11H2,1-2H3. The van der Waals surface area contributed by atoms with E-state index < -0.39 is 0 Å². The third-order valence-corrected chi connectivity index (χ3v) is 2.98. The molecule has 0 saturated heterocycles. The van der Waals surface area contributed by atoms with Crippen molar-refractivity contribution in [1.82, 2.24) is 4.90 Å². The molecule has 0 aliphatic rings. The van der Waals surface area contributed by atoms with Crippen molar-refractivity contribution in [3.63, 3.8) is 0 Å². The number of nitro groups is 1. The maximum Gasteiger partial charge on any atom is 0.269 e. The van der Waals surface area contributed by atoms with Crippen LogP contribution in [0.2, 0.25) is 0 Å². The number of nitro benzene ring substituents is 1. The Morgan fingerprint density at radius 3 is 2.24 bits per heavy atom. The first-order valence-electron chi connectivity index (χ1n) is 6.13. The van der Waals surface area contributed by atoms with E-state index in [4.69, 9.17) is 0 Å². The highest BCUT2D eigenvalue weighted by atomic mass is 16.6. The minimum absolute atomic E-state index is 0.164. The van der Waals surface area contributed by atoms with Crippen LogP contribution in [0, 0.1) is 10.1 Å². The summed E-state index contributed by atoms with van der Waals surface area (Å²) < 4.78 is 0. The second kappa shape index (κ2) is 7.01. The summed E-state index contributed by atoms with van der Waals surface area (Å²) >= 11 is 0. The van der Waals surface area contributed by atoms with E-state index in [0.717, 1.165) is 32.5 Å². The molecule has 17 heavy (non-hydrogen) atoms. The van der Waals surface area contributed by atoms with E-state index in [1.165, 1.54) is 5.56 Å². The van der Waals surface area contributed by atoms with Gasteiger partial charge in [-0.25, -0.2) is 0 Å². The van der Waals surface area contributed by atoms with Gasteiger partial charge in [0.2, 0.25) is 0 Å². The van der Waals surface area contributed by atoms with Gasteiger partial charge in [-0.3, -0.25) is 10.1 Å². The molecule has 1 rings (SSSR count). The molecular formula is C13H20N2O2. The Kier molecular flexibility index (Phi) is 5.63. The van der Waals surface area contributed by atoms with Crippen LogP contribution >= 0.6 is 0 Å². The van der Waals surface area contributed by atoms with Gasteiger partial charge in [0.1, 0.15) is 0 Å². The molecule has 0 spiro atoms. The van der Waals surface area contributed by atoms with E-state index in [2.05, 4.69) is 18.7 Å². The zero-order chi connectivity index (χ0) is 12.7. The second-order valence-electron chi connectivity index (χ2n) is 4.05. The van der Waals surface area contributed by atoms with Crippen molar-refractivity contribution < 1.29 is 4.92 Å². The van der Waals surface area contributed by atoms with Crippen molar-refractivity contribution in [2.24, 2.45) is 0 Å². The highest BCUT2D eigenvalue weighted by molar-refractivity contribution is 5.32. The predicted molar refractivity (Wildman–Crippen MR) is 69.2 cm³/mol. The van der Waals surface area contributed by atoms with E-state index in [0.29, 0.717) is 0 Å².